The third-order valence-corrected chi connectivity index (χ3v) is 3.64. The van der Waals surface area contributed by atoms with Crippen molar-refractivity contribution in [3.63, 3.8) is 0 Å². The van der Waals surface area contributed by atoms with Gasteiger partial charge in [0.05, 0.1) is 5.60 Å². The van der Waals surface area contributed by atoms with Gasteiger partial charge in [-0.2, -0.15) is 9.59 Å². The van der Waals surface area contributed by atoms with Crippen molar-refractivity contribution in [3.05, 3.63) is 11.6 Å². The smallest absolute Gasteiger partial charge is 0.373 e. The van der Waals surface area contributed by atoms with Crippen LogP contribution in [0.5, 0.6) is 0 Å². The molecule has 0 atom stereocenters. The molecule has 0 spiro atoms. The summed E-state index contributed by atoms with van der Waals surface area (Å²) in [5.41, 5.74) is 1.96. The Bertz CT molecular complexity index is 296. The van der Waals surface area contributed by atoms with Crippen LogP contribution in [-0.2, 0) is 14.0 Å². The summed E-state index contributed by atoms with van der Waals surface area (Å²) in [6, 6.07) is 0. The Hall–Kier alpha value is -0.703. The van der Waals surface area contributed by atoms with Gasteiger partial charge in [-0.15, -0.1) is 0 Å². The summed E-state index contributed by atoms with van der Waals surface area (Å²) >= 11 is 0. The Labute approximate surface area is 112 Å². The lowest BCUT2D eigenvalue weighted by Gasteiger charge is -2.22. The summed E-state index contributed by atoms with van der Waals surface area (Å²) in [5, 5.41) is 0. The quantitative estimate of drug-likeness (QED) is 0.576. The first-order valence-electron chi connectivity index (χ1n) is 6.63. The second-order valence-electron chi connectivity index (χ2n) is 6.02. The van der Waals surface area contributed by atoms with Crippen molar-refractivity contribution in [3.8, 4) is 0 Å². The Kier molecular flexibility index (Phi) is 7.37. The van der Waals surface area contributed by atoms with E-state index in [2.05, 4.69) is 39.6 Å². The molecule has 0 aromatic heterocycles. The van der Waals surface area contributed by atoms with Crippen LogP contribution < -0.4 is 0 Å². The van der Waals surface area contributed by atoms with E-state index in [-0.39, 0.29) is 6.15 Å². The van der Waals surface area contributed by atoms with Gasteiger partial charge in [-0.05, 0) is 58.7 Å². The van der Waals surface area contributed by atoms with Crippen LogP contribution in [0.15, 0.2) is 11.6 Å². The van der Waals surface area contributed by atoms with Crippen LogP contribution in [0, 0.1) is 0 Å². The van der Waals surface area contributed by atoms with Gasteiger partial charge < -0.3 is 4.43 Å². The van der Waals surface area contributed by atoms with Gasteiger partial charge in [0.1, 0.15) is 0 Å². The van der Waals surface area contributed by atoms with E-state index in [4.69, 9.17) is 14.0 Å². The van der Waals surface area contributed by atoms with Crippen molar-refractivity contribution < 1.29 is 14.0 Å². The highest BCUT2D eigenvalue weighted by molar-refractivity contribution is 6.69. The molecular formula is C14H26O3Si. The highest BCUT2D eigenvalue weighted by Gasteiger charge is 2.41. The Morgan fingerprint density at radius 2 is 1.72 bits per heavy atom. The second-order valence-corrected chi connectivity index (χ2v) is 10.4. The minimum absolute atomic E-state index is 0.250. The number of hydrogen-bond donors (Lipinski definition) is 0. The molecule has 0 radical (unpaired) electrons. The molecular weight excluding hydrogens is 244 g/mol. The Balaban J connectivity index is 0.000000278. The zero-order chi connectivity index (χ0) is 14.2. The molecule has 0 bridgehead atoms. The van der Waals surface area contributed by atoms with Crippen LogP contribution in [0.4, 0.5) is 0 Å². The van der Waals surface area contributed by atoms with Crippen molar-refractivity contribution >= 4 is 14.5 Å². The molecule has 2 saturated carbocycles. The van der Waals surface area contributed by atoms with Crippen molar-refractivity contribution in [2.75, 3.05) is 0 Å². The molecule has 0 aliphatic heterocycles. The zero-order valence-electron chi connectivity index (χ0n) is 12.3. The molecule has 104 valence electrons. The molecule has 2 rings (SSSR count). The molecule has 3 nitrogen and oxygen atoms in total. The minimum atomic E-state index is -1.23. The molecule has 0 unspecified atom stereocenters. The predicted octanol–water partition coefficient (Wildman–Crippen LogP) is 3.92. The van der Waals surface area contributed by atoms with E-state index in [9.17, 15) is 0 Å². The van der Waals surface area contributed by atoms with Crippen molar-refractivity contribution in [1.29, 1.82) is 0 Å². The number of allylic oxidation sites excluding steroid dienone is 2. The molecule has 0 saturated heterocycles. The molecule has 0 aromatic rings. The van der Waals surface area contributed by atoms with Crippen LogP contribution in [-0.4, -0.2) is 20.1 Å². The van der Waals surface area contributed by atoms with Crippen LogP contribution in [0.2, 0.25) is 19.6 Å². The third-order valence-electron chi connectivity index (χ3n) is 2.54. The fourth-order valence-electron chi connectivity index (χ4n) is 1.58. The molecule has 2 aliphatic rings. The summed E-state index contributed by atoms with van der Waals surface area (Å²) in [4.78, 5) is 16.2. The maximum absolute atomic E-state index is 8.12. The molecule has 0 N–H and O–H groups in total. The van der Waals surface area contributed by atoms with Gasteiger partial charge in [0, 0.05) is 0 Å². The maximum atomic E-state index is 8.12. The lowest BCUT2D eigenvalue weighted by molar-refractivity contribution is -0.191. The average Bonchev–Trinajstić information content (AvgIpc) is 3.07. The van der Waals surface area contributed by atoms with Crippen molar-refractivity contribution in [2.45, 2.75) is 71.2 Å². The fraction of sp³-hybridized carbons (Fsp3) is 0.786. The Morgan fingerprint density at radius 3 is 1.83 bits per heavy atom. The first-order chi connectivity index (χ1) is 8.26. The van der Waals surface area contributed by atoms with E-state index in [1.165, 1.54) is 32.1 Å². The topological polar surface area (TPSA) is 43.4 Å². The zero-order valence-corrected chi connectivity index (χ0v) is 13.3. The van der Waals surface area contributed by atoms with E-state index >= 15 is 0 Å². The first kappa shape index (κ1) is 17.3. The standard InChI is InChI=1S/C7H16OSi.C6H10.CO2/c1-7(5-6-7)8-9(2,3)4;1-2-3-6-4-5-6;2-1-3/h5-6H2,1-4H3;3H,2,4-5H2,1H3;. The number of carbonyl (C=O) groups excluding carboxylic acids is 2. The minimum Gasteiger partial charge on any atom is -0.412 e. The second kappa shape index (κ2) is 7.67. The predicted molar refractivity (Wildman–Crippen MR) is 74.7 cm³/mol. The van der Waals surface area contributed by atoms with Crippen LogP contribution in [0.1, 0.15) is 46.0 Å². The number of hydrogen-bond acceptors (Lipinski definition) is 3. The number of rotatable bonds is 3. The van der Waals surface area contributed by atoms with Gasteiger partial charge in [0.15, 0.2) is 8.32 Å². The molecule has 0 amide bonds. The summed E-state index contributed by atoms with van der Waals surface area (Å²) in [6.07, 6.45) is 9.12. The van der Waals surface area contributed by atoms with Crippen LogP contribution in [0.3, 0.4) is 0 Å². The highest BCUT2D eigenvalue weighted by Crippen LogP contribution is 2.40. The monoisotopic (exact) mass is 270 g/mol. The van der Waals surface area contributed by atoms with Crippen LogP contribution in [0.25, 0.3) is 0 Å². The van der Waals surface area contributed by atoms with Gasteiger partial charge in [-0.25, -0.2) is 0 Å². The van der Waals surface area contributed by atoms with E-state index < -0.39 is 8.32 Å². The summed E-state index contributed by atoms with van der Waals surface area (Å²) in [5.74, 6) is 0. The molecule has 2 fully saturated rings. The van der Waals surface area contributed by atoms with Gasteiger partial charge in [-0.1, -0.05) is 18.6 Å². The fourth-order valence-corrected chi connectivity index (χ4v) is 3.26. The normalized spacial score (nSPS) is 18.4. The van der Waals surface area contributed by atoms with Gasteiger partial charge in [-0.3, -0.25) is 0 Å². The molecule has 2 aliphatic carbocycles. The van der Waals surface area contributed by atoms with Crippen molar-refractivity contribution in [1.82, 2.24) is 0 Å². The molecule has 4 heteroatoms. The lowest BCUT2D eigenvalue weighted by Crippen LogP contribution is -2.31. The average molecular weight is 270 g/mol. The first-order valence-corrected chi connectivity index (χ1v) is 10.0. The van der Waals surface area contributed by atoms with Gasteiger partial charge >= 0.3 is 6.15 Å². The van der Waals surface area contributed by atoms with Gasteiger partial charge in [0.25, 0.3) is 0 Å². The maximum Gasteiger partial charge on any atom is 0.373 e. The SMILES string of the molecule is CC1(O[Si](C)(C)C)CC1.CCC=C1CC1.O=C=O. The van der Waals surface area contributed by atoms with E-state index in [1.807, 2.05) is 0 Å². The summed E-state index contributed by atoms with van der Waals surface area (Å²) in [6.45, 7) is 11.1. The molecule has 18 heavy (non-hydrogen) atoms. The lowest BCUT2D eigenvalue weighted by atomic mass is 10.4. The van der Waals surface area contributed by atoms with E-state index in [1.54, 1.807) is 5.57 Å². The molecule has 0 heterocycles. The van der Waals surface area contributed by atoms with Crippen LogP contribution >= 0.6 is 0 Å². The van der Waals surface area contributed by atoms with E-state index in [0.717, 1.165) is 0 Å². The molecule has 0 aromatic carbocycles. The third kappa shape index (κ3) is 11.8. The summed E-state index contributed by atoms with van der Waals surface area (Å²) in [7, 11) is -1.23. The van der Waals surface area contributed by atoms with Crippen molar-refractivity contribution in [2.24, 2.45) is 0 Å². The van der Waals surface area contributed by atoms with E-state index in [0.29, 0.717) is 5.60 Å². The Morgan fingerprint density at radius 1 is 1.28 bits per heavy atom. The highest BCUT2D eigenvalue weighted by atomic mass is 28.4. The largest absolute Gasteiger partial charge is 0.412 e. The van der Waals surface area contributed by atoms with Gasteiger partial charge in [0.2, 0.25) is 0 Å². The summed E-state index contributed by atoms with van der Waals surface area (Å²) < 4.78 is 5.88.